The molecule has 6 nitrogen and oxygen atoms in total. The monoisotopic (exact) mass is 347 g/mol. The van der Waals surface area contributed by atoms with Gasteiger partial charge in [0.1, 0.15) is 5.75 Å². The van der Waals surface area contributed by atoms with Crippen molar-refractivity contribution in [3.05, 3.63) is 54.5 Å². The Morgan fingerprint density at radius 1 is 1.12 bits per heavy atom. The second kappa shape index (κ2) is 7.09. The number of nitrogens with zero attached hydrogens (tertiary/aromatic N) is 4. The summed E-state index contributed by atoms with van der Waals surface area (Å²) in [5.41, 5.74) is 5.66. The molecule has 132 valence electrons. The molecule has 1 aliphatic heterocycles. The van der Waals surface area contributed by atoms with Crippen LogP contribution in [-0.4, -0.2) is 50.0 Å². The lowest BCUT2D eigenvalue weighted by molar-refractivity contribution is 0.318. The van der Waals surface area contributed by atoms with E-state index < -0.39 is 0 Å². The molecule has 0 unspecified atom stereocenters. The number of hydrogen-bond donors (Lipinski definition) is 2. The summed E-state index contributed by atoms with van der Waals surface area (Å²) in [7, 11) is 0. The van der Waals surface area contributed by atoms with Crippen LogP contribution in [0.4, 0.5) is 0 Å². The van der Waals surface area contributed by atoms with Crippen LogP contribution in [0.1, 0.15) is 19.0 Å². The van der Waals surface area contributed by atoms with Crippen LogP contribution in [0.5, 0.6) is 5.75 Å². The van der Waals surface area contributed by atoms with Crippen molar-refractivity contribution in [2.24, 2.45) is 0 Å². The van der Waals surface area contributed by atoms with Gasteiger partial charge >= 0.3 is 0 Å². The molecule has 0 bridgehead atoms. The van der Waals surface area contributed by atoms with E-state index in [2.05, 4.69) is 38.3 Å². The van der Waals surface area contributed by atoms with Gasteiger partial charge in [0.05, 0.1) is 17.6 Å². The number of aromatic hydroxyl groups is 1. The molecular formula is C20H21N5O. The first kappa shape index (κ1) is 16.5. The van der Waals surface area contributed by atoms with Crippen molar-refractivity contribution < 1.29 is 5.11 Å². The Kier molecular flexibility index (Phi) is 4.50. The predicted octanol–water partition coefficient (Wildman–Crippen LogP) is 3.35. The third-order valence-electron chi connectivity index (χ3n) is 4.82. The number of aromatic nitrogens is 4. The number of benzene rings is 1. The van der Waals surface area contributed by atoms with Crippen LogP contribution in [-0.2, 0) is 0 Å². The molecule has 2 aromatic heterocycles. The third kappa shape index (κ3) is 3.23. The van der Waals surface area contributed by atoms with Crippen molar-refractivity contribution in [3.63, 3.8) is 0 Å². The first-order chi connectivity index (χ1) is 12.7. The number of likely N-dealkylation sites (N-methyl/N-ethyl adjacent to an activating group) is 1. The Morgan fingerprint density at radius 2 is 1.96 bits per heavy atom. The minimum Gasteiger partial charge on any atom is -0.508 e. The second-order valence-electron chi connectivity index (χ2n) is 6.39. The summed E-state index contributed by atoms with van der Waals surface area (Å²) < 4.78 is 0. The Hall–Kier alpha value is -2.99. The Labute approximate surface area is 152 Å². The first-order valence-electron chi connectivity index (χ1n) is 8.82. The van der Waals surface area contributed by atoms with Crippen molar-refractivity contribution in [1.82, 2.24) is 25.3 Å². The van der Waals surface area contributed by atoms with Crippen molar-refractivity contribution in [3.8, 4) is 28.1 Å². The van der Waals surface area contributed by atoms with Gasteiger partial charge in [-0.15, -0.1) is 5.10 Å². The Balaban J connectivity index is 1.65. The fraction of sp³-hybridized carbons (Fsp3) is 0.250. The van der Waals surface area contributed by atoms with Gasteiger partial charge in [-0.2, -0.15) is 10.2 Å². The van der Waals surface area contributed by atoms with Crippen LogP contribution in [0, 0.1) is 0 Å². The number of H-pyrrole nitrogens is 1. The summed E-state index contributed by atoms with van der Waals surface area (Å²) >= 11 is 0. The van der Waals surface area contributed by atoms with E-state index in [1.165, 1.54) is 5.57 Å². The van der Waals surface area contributed by atoms with E-state index in [1.807, 2.05) is 18.2 Å². The van der Waals surface area contributed by atoms with Gasteiger partial charge in [0.2, 0.25) is 0 Å². The Bertz CT molecular complexity index is 916. The van der Waals surface area contributed by atoms with E-state index in [4.69, 9.17) is 0 Å². The quantitative estimate of drug-likeness (QED) is 0.757. The number of phenolic OH excluding ortho intramolecular Hbond substituents is 1. The van der Waals surface area contributed by atoms with Gasteiger partial charge in [-0.25, -0.2) is 0 Å². The highest BCUT2D eigenvalue weighted by Gasteiger charge is 2.15. The van der Waals surface area contributed by atoms with Crippen molar-refractivity contribution in [1.29, 1.82) is 0 Å². The molecule has 6 heteroatoms. The summed E-state index contributed by atoms with van der Waals surface area (Å²) in [6, 6.07) is 9.27. The molecule has 0 amide bonds. The van der Waals surface area contributed by atoms with Gasteiger partial charge in [-0.1, -0.05) is 13.0 Å². The van der Waals surface area contributed by atoms with E-state index in [9.17, 15) is 5.11 Å². The molecule has 0 spiro atoms. The fourth-order valence-electron chi connectivity index (χ4n) is 3.27. The molecule has 0 saturated heterocycles. The van der Waals surface area contributed by atoms with E-state index in [1.54, 1.807) is 24.5 Å². The zero-order chi connectivity index (χ0) is 17.9. The van der Waals surface area contributed by atoms with E-state index in [-0.39, 0.29) is 5.75 Å². The van der Waals surface area contributed by atoms with Crippen LogP contribution in [0.15, 0.2) is 48.8 Å². The molecule has 0 saturated carbocycles. The third-order valence-corrected chi connectivity index (χ3v) is 4.82. The van der Waals surface area contributed by atoms with Gasteiger partial charge < -0.3 is 5.11 Å². The topological polar surface area (TPSA) is 77.9 Å². The molecular weight excluding hydrogens is 326 g/mol. The van der Waals surface area contributed by atoms with Gasteiger partial charge in [-0.3, -0.25) is 10.00 Å². The zero-order valence-corrected chi connectivity index (χ0v) is 14.7. The lowest BCUT2D eigenvalue weighted by Gasteiger charge is -2.24. The molecule has 0 aliphatic carbocycles. The minimum absolute atomic E-state index is 0.211. The van der Waals surface area contributed by atoms with Crippen molar-refractivity contribution in [2.75, 3.05) is 19.6 Å². The minimum atomic E-state index is 0.211. The summed E-state index contributed by atoms with van der Waals surface area (Å²) in [6.45, 7) is 5.29. The van der Waals surface area contributed by atoms with Crippen LogP contribution in [0.3, 0.4) is 0 Å². The maximum absolute atomic E-state index is 9.86. The van der Waals surface area contributed by atoms with Gasteiger partial charge in [0.25, 0.3) is 0 Å². The second-order valence-corrected chi connectivity index (χ2v) is 6.39. The predicted molar refractivity (Wildman–Crippen MR) is 101 cm³/mol. The highest BCUT2D eigenvalue weighted by molar-refractivity contribution is 5.82. The average molecular weight is 347 g/mol. The standard InChI is InChI=1S/C20H21N5O/c1-2-25-9-7-14(8-10-25)19-5-6-20(24-23-19)17-4-3-16(26)11-18(17)15-12-21-22-13-15/h3-7,11-13,26H,2,8-10H2,1H3,(H,21,22). The zero-order valence-electron chi connectivity index (χ0n) is 14.7. The smallest absolute Gasteiger partial charge is 0.116 e. The fourth-order valence-corrected chi connectivity index (χ4v) is 3.27. The summed E-state index contributed by atoms with van der Waals surface area (Å²) in [6.07, 6.45) is 6.77. The lowest BCUT2D eigenvalue weighted by Crippen LogP contribution is -2.28. The van der Waals surface area contributed by atoms with Gasteiger partial charge in [-0.05, 0) is 54.4 Å². The van der Waals surface area contributed by atoms with Crippen LogP contribution < -0.4 is 0 Å². The molecule has 3 aromatic rings. The van der Waals surface area contributed by atoms with E-state index in [0.29, 0.717) is 0 Å². The first-order valence-corrected chi connectivity index (χ1v) is 8.82. The molecule has 0 fully saturated rings. The molecule has 0 radical (unpaired) electrons. The van der Waals surface area contributed by atoms with Crippen LogP contribution in [0.25, 0.3) is 28.0 Å². The van der Waals surface area contributed by atoms with Crippen molar-refractivity contribution in [2.45, 2.75) is 13.3 Å². The van der Waals surface area contributed by atoms with Gasteiger partial charge in [0.15, 0.2) is 0 Å². The maximum atomic E-state index is 9.86. The normalized spacial score (nSPS) is 15.0. The molecule has 26 heavy (non-hydrogen) atoms. The lowest BCUT2D eigenvalue weighted by atomic mass is 9.98. The van der Waals surface area contributed by atoms with Crippen LogP contribution in [0.2, 0.25) is 0 Å². The molecule has 3 heterocycles. The summed E-state index contributed by atoms with van der Waals surface area (Å²) in [5.74, 6) is 0.211. The summed E-state index contributed by atoms with van der Waals surface area (Å²) in [4.78, 5) is 2.40. The number of nitrogens with one attached hydrogen (secondary N) is 1. The SMILES string of the molecule is CCN1CC=C(c2ccc(-c3ccc(O)cc3-c3cn[nH]c3)nn2)CC1. The highest BCUT2D eigenvalue weighted by atomic mass is 16.3. The molecule has 1 aromatic carbocycles. The van der Waals surface area contributed by atoms with Crippen LogP contribution >= 0.6 is 0 Å². The number of rotatable bonds is 4. The summed E-state index contributed by atoms with van der Waals surface area (Å²) in [5, 5.41) is 25.6. The van der Waals surface area contributed by atoms with E-state index >= 15 is 0 Å². The molecule has 1 aliphatic rings. The van der Waals surface area contributed by atoms with E-state index in [0.717, 1.165) is 54.1 Å². The van der Waals surface area contributed by atoms with Crippen molar-refractivity contribution >= 4 is 5.57 Å². The maximum Gasteiger partial charge on any atom is 0.116 e. The molecule has 0 atom stereocenters. The molecule has 2 N–H and O–H groups in total. The number of hydrogen-bond acceptors (Lipinski definition) is 5. The van der Waals surface area contributed by atoms with Gasteiger partial charge in [0, 0.05) is 30.4 Å². The average Bonchev–Trinajstić information content (AvgIpc) is 3.23. The molecule has 4 rings (SSSR count). The number of phenols is 1. The Morgan fingerprint density at radius 3 is 2.62 bits per heavy atom. The largest absolute Gasteiger partial charge is 0.508 e. The number of aromatic amines is 1. The highest BCUT2D eigenvalue weighted by Crippen LogP contribution is 2.33.